The first-order valence-corrected chi connectivity index (χ1v) is 5.92. The van der Waals surface area contributed by atoms with Gasteiger partial charge in [-0.25, -0.2) is 0 Å². The van der Waals surface area contributed by atoms with Crippen molar-refractivity contribution in [2.75, 3.05) is 13.2 Å². The summed E-state index contributed by atoms with van der Waals surface area (Å²) in [6.07, 6.45) is 1.83. The fourth-order valence-corrected chi connectivity index (χ4v) is 1.94. The van der Waals surface area contributed by atoms with Crippen LogP contribution in [0.5, 0.6) is 11.5 Å². The Kier molecular flexibility index (Phi) is 2.86. The number of pyridine rings is 1. The number of nitrogens with zero attached hydrogens (tertiary/aromatic N) is 1. The minimum absolute atomic E-state index is 0.460. The van der Waals surface area contributed by atoms with E-state index < -0.39 is 0 Å². The van der Waals surface area contributed by atoms with Gasteiger partial charge in [-0.05, 0) is 23.8 Å². The number of ether oxygens (including phenoxy) is 2. The summed E-state index contributed by atoms with van der Waals surface area (Å²) in [6.45, 7) is 1.67. The van der Waals surface area contributed by atoms with Crippen LogP contribution in [0.15, 0.2) is 36.5 Å². The van der Waals surface area contributed by atoms with Gasteiger partial charge in [0.15, 0.2) is 11.5 Å². The van der Waals surface area contributed by atoms with Crippen LogP contribution in [0.3, 0.4) is 0 Å². The summed E-state index contributed by atoms with van der Waals surface area (Å²) in [5.41, 5.74) is 8.53. The molecule has 0 saturated carbocycles. The van der Waals surface area contributed by atoms with Crippen molar-refractivity contribution < 1.29 is 9.47 Å². The summed E-state index contributed by atoms with van der Waals surface area (Å²) < 4.78 is 11.1. The minimum atomic E-state index is 0.460. The van der Waals surface area contributed by atoms with Crippen molar-refractivity contribution >= 4 is 0 Å². The lowest BCUT2D eigenvalue weighted by molar-refractivity contribution is 0.171. The van der Waals surface area contributed by atoms with Crippen molar-refractivity contribution in [2.24, 2.45) is 5.73 Å². The lowest BCUT2D eigenvalue weighted by Crippen LogP contribution is -2.15. The molecule has 0 unspecified atom stereocenters. The Morgan fingerprint density at radius 3 is 2.50 bits per heavy atom. The predicted molar refractivity (Wildman–Crippen MR) is 68.6 cm³/mol. The van der Waals surface area contributed by atoms with Crippen LogP contribution >= 0.6 is 0 Å². The van der Waals surface area contributed by atoms with Crippen LogP contribution in [0.1, 0.15) is 5.69 Å². The van der Waals surface area contributed by atoms with E-state index in [0.717, 1.165) is 28.3 Å². The molecule has 92 valence electrons. The minimum Gasteiger partial charge on any atom is -0.486 e. The van der Waals surface area contributed by atoms with E-state index in [1.165, 1.54) is 0 Å². The SMILES string of the molecule is NCc1ccc(-c2ccc3c(c2)OCCO3)cn1. The molecule has 2 N–H and O–H groups in total. The van der Waals surface area contributed by atoms with Crippen molar-refractivity contribution in [3.05, 3.63) is 42.2 Å². The molecule has 4 heteroatoms. The summed E-state index contributed by atoms with van der Waals surface area (Å²) >= 11 is 0. The summed E-state index contributed by atoms with van der Waals surface area (Å²) in [5, 5.41) is 0. The molecule has 0 spiro atoms. The van der Waals surface area contributed by atoms with Gasteiger partial charge >= 0.3 is 0 Å². The molecule has 1 aliphatic rings. The average molecular weight is 242 g/mol. The fourth-order valence-electron chi connectivity index (χ4n) is 1.94. The van der Waals surface area contributed by atoms with Gasteiger partial charge in [-0.1, -0.05) is 12.1 Å². The zero-order chi connectivity index (χ0) is 12.4. The Labute approximate surface area is 105 Å². The largest absolute Gasteiger partial charge is 0.486 e. The Hall–Kier alpha value is -2.07. The molecule has 1 aromatic heterocycles. The molecule has 0 aliphatic carbocycles. The van der Waals surface area contributed by atoms with Crippen LogP contribution < -0.4 is 15.2 Å². The maximum atomic E-state index is 5.57. The van der Waals surface area contributed by atoms with Crippen molar-refractivity contribution in [2.45, 2.75) is 6.54 Å². The maximum absolute atomic E-state index is 5.57. The van der Waals surface area contributed by atoms with Gasteiger partial charge in [0.1, 0.15) is 13.2 Å². The summed E-state index contributed by atoms with van der Waals surface area (Å²) in [4.78, 5) is 4.29. The zero-order valence-corrected chi connectivity index (χ0v) is 9.93. The first-order valence-electron chi connectivity index (χ1n) is 5.92. The molecule has 0 saturated heterocycles. The van der Waals surface area contributed by atoms with Crippen molar-refractivity contribution in [3.63, 3.8) is 0 Å². The van der Waals surface area contributed by atoms with Gasteiger partial charge in [-0.3, -0.25) is 4.98 Å². The molecule has 4 nitrogen and oxygen atoms in total. The number of hydrogen-bond acceptors (Lipinski definition) is 4. The van der Waals surface area contributed by atoms with Crippen LogP contribution in [-0.4, -0.2) is 18.2 Å². The molecular weight excluding hydrogens is 228 g/mol. The van der Waals surface area contributed by atoms with E-state index in [2.05, 4.69) is 4.98 Å². The monoisotopic (exact) mass is 242 g/mol. The number of aromatic nitrogens is 1. The first kappa shape index (κ1) is 11.0. The Bertz CT molecular complexity index is 552. The van der Waals surface area contributed by atoms with Crippen molar-refractivity contribution in [1.82, 2.24) is 4.98 Å². The van der Waals surface area contributed by atoms with Gasteiger partial charge < -0.3 is 15.2 Å². The molecule has 18 heavy (non-hydrogen) atoms. The van der Waals surface area contributed by atoms with Gasteiger partial charge in [-0.15, -0.1) is 0 Å². The second-order valence-electron chi connectivity index (χ2n) is 4.10. The molecule has 0 fully saturated rings. The number of rotatable bonds is 2. The topological polar surface area (TPSA) is 57.4 Å². The number of hydrogen-bond donors (Lipinski definition) is 1. The van der Waals surface area contributed by atoms with Crippen LogP contribution in [0.4, 0.5) is 0 Å². The van der Waals surface area contributed by atoms with Crippen molar-refractivity contribution in [3.8, 4) is 22.6 Å². The fraction of sp³-hybridized carbons (Fsp3) is 0.214. The van der Waals surface area contributed by atoms with E-state index in [1.54, 1.807) is 0 Å². The quantitative estimate of drug-likeness (QED) is 0.874. The van der Waals surface area contributed by atoms with Gasteiger partial charge in [0.05, 0.1) is 5.69 Å². The number of fused-ring (bicyclic) bond motifs is 1. The normalized spacial score (nSPS) is 13.4. The third kappa shape index (κ3) is 2.02. The smallest absolute Gasteiger partial charge is 0.161 e. The van der Waals surface area contributed by atoms with Crippen LogP contribution in [0.2, 0.25) is 0 Å². The van der Waals surface area contributed by atoms with Gasteiger partial charge in [0, 0.05) is 18.3 Å². The third-order valence-corrected chi connectivity index (χ3v) is 2.91. The van der Waals surface area contributed by atoms with Crippen LogP contribution in [-0.2, 0) is 6.54 Å². The molecule has 2 aromatic rings. The standard InChI is InChI=1S/C14H14N2O2/c15-8-12-3-1-11(9-16-12)10-2-4-13-14(7-10)18-6-5-17-13/h1-4,7,9H,5-6,8,15H2. The lowest BCUT2D eigenvalue weighted by atomic mass is 10.1. The van der Waals surface area contributed by atoms with Gasteiger partial charge in [0.2, 0.25) is 0 Å². The molecule has 2 heterocycles. The highest BCUT2D eigenvalue weighted by Gasteiger charge is 2.12. The average Bonchev–Trinajstić information content (AvgIpc) is 2.47. The van der Waals surface area contributed by atoms with E-state index >= 15 is 0 Å². The highest BCUT2D eigenvalue weighted by Crippen LogP contribution is 2.34. The van der Waals surface area contributed by atoms with E-state index in [1.807, 2.05) is 36.5 Å². The zero-order valence-electron chi connectivity index (χ0n) is 9.93. The molecule has 0 amide bonds. The molecule has 1 aromatic carbocycles. The van der Waals surface area contributed by atoms with Gasteiger partial charge in [-0.2, -0.15) is 0 Å². The summed E-state index contributed by atoms with van der Waals surface area (Å²) in [5.74, 6) is 1.60. The maximum Gasteiger partial charge on any atom is 0.161 e. The number of nitrogens with two attached hydrogens (primary N) is 1. The molecular formula is C14H14N2O2. The molecule has 0 atom stereocenters. The summed E-state index contributed by atoms with van der Waals surface area (Å²) in [7, 11) is 0. The Balaban J connectivity index is 1.95. The van der Waals surface area contributed by atoms with E-state index in [9.17, 15) is 0 Å². The predicted octanol–water partition coefficient (Wildman–Crippen LogP) is 1.98. The van der Waals surface area contributed by atoms with Crippen LogP contribution in [0, 0.1) is 0 Å². The Morgan fingerprint density at radius 2 is 1.78 bits per heavy atom. The molecule has 3 rings (SSSR count). The third-order valence-electron chi connectivity index (χ3n) is 2.91. The van der Waals surface area contributed by atoms with E-state index in [0.29, 0.717) is 19.8 Å². The molecule has 0 bridgehead atoms. The first-order chi connectivity index (χ1) is 8.86. The van der Waals surface area contributed by atoms with Gasteiger partial charge in [0.25, 0.3) is 0 Å². The van der Waals surface area contributed by atoms with Crippen molar-refractivity contribution in [1.29, 1.82) is 0 Å². The highest BCUT2D eigenvalue weighted by atomic mass is 16.6. The second-order valence-corrected chi connectivity index (χ2v) is 4.10. The lowest BCUT2D eigenvalue weighted by Gasteiger charge is -2.18. The highest BCUT2D eigenvalue weighted by molar-refractivity contribution is 5.66. The summed E-state index contributed by atoms with van der Waals surface area (Å²) in [6, 6.07) is 9.87. The Morgan fingerprint density at radius 1 is 1.00 bits per heavy atom. The van der Waals surface area contributed by atoms with E-state index in [4.69, 9.17) is 15.2 Å². The van der Waals surface area contributed by atoms with E-state index in [-0.39, 0.29) is 0 Å². The molecule has 1 aliphatic heterocycles. The number of benzene rings is 1. The second kappa shape index (κ2) is 4.66. The van der Waals surface area contributed by atoms with Crippen LogP contribution in [0.25, 0.3) is 11.1 Å². The molecule has 0 radical (unpaired) electrons.